The van der Waals surface area contributed by atoms with Gasteiger partial charge in [-0.3, -0.25) is 4.79 Å². The van der Waals surface area contributed by atoms with Crippen LogP contribution in [-0.4, -0.2) is 37.2 Å². The third-order valence-corrected chi connectivity index (χ3v) is 4.48. The zero-order valence-corrected chi connectivity index (χ0v) is 11.0. The van der Waals surface area contributed by atoms with E-state index in [1.807, 2.05) is 0 Å². The van der Waals surface area contributed by atoms with Crippen LogP contribution in [0.4, 0.5) is 0 Å². The molecule has 2 aliphatic carbocycles. The molecule has 3 aliphatic rings. The second-order valence-corrected chi connectivity index (χ2v) is 6.00. The van der Waals surface area contributed by atoms with E-state index in [4.69, 9.17) is 4.74 Å². The summed E-state index contributed by atoms with van der Waals surface area (Å²) in [5.74, 6) is 0.851. The first-order chi connectivity index (χ1) is 8.83. The van der Waals surface area contributed by atoms with E-state index in [2.05, 4.69) is 10.6 Å². The third kappa shape index (κ3) is 3.04. The van der Waals surface area contributed by atoms with Crippen LogP contribution in [0.2, 0.25) is 0 Å². The minimum Gasteiger partial charge on any atom is -0.376 e. The van der Waals surface area contributed by atoms with Crippen molar-refractivity contribution in [1.29, 1.82) is 0 Å². The quantitative estimate of drug-likeness (QED) is 0.773. The Morgan fingerprint density at radius 2 is 1.89 bits per heavy atom. The molecule has 2 saturated carbocycles. The maximum atomic E-state index is 11.9. The Morgan fingerprint density at radius 1 is 1.11 bits per heavy atom. The van der Waals surface area contributed by atoms with Crippen LogP contribution >= 0.6 is 0 Å². The molecule has 1 heterocycles. The SMILES string of the molecule is O=C(CNC1CCCC1)NC1CCOC1C1CC1. The number of ether oxygens (including phenoxy) is 1. The van der Waals surface area contributed by atoms with Crippen molar-refractivity contribution >= 4 is 5.91 Å². The van der Waals surface area contributed by atoms with E-state index in [9.17, 15) is 4.79 Å². The van der Waals surface area contributed by atoms with E-state index in [-0.39, 0.29) is 11.9 Å². The highest BCUT2D eigenvalue weighted by Crippen LogP contribution is 2.38. The monoisotopic (exact) mass is 252 g/mol. The molecule has 0 aromatic carbocycles. The zero-order chi connectivity index (χ0) is 12.4. The van der Waals surface area contributed by atoms with Gasteiger partial charge in [0.1, 0.15) is 0 Å². The molecular formula is C14H24N2O2. The average molecular weight is 252 g/mol. The Kier molecular flexibility index (Phi) is 3.85. The number of hydrogen-bond donors (Lipinski definition) is 2. The Morgan fingerprint density at radius 3 is 2.61 bits per heavy atom. The largest absolute Gasteiger partial charge is 0.376 e. The second kappa shape index (κ2) is 5.57. The minimum atomic E-state index is 0.142. The average Bonchev–Trinajstić information content (AvgIpc) is 2.90. The van der Waals surface area contributed by atoms with Gasteiger partial charge in [-0.1, -0.05) is 12.8 Å². The van der Waals surface area contributed by atoms with E-state index in [0.717, 1.165) is 13.0 Å². The van der Waals surface area contributed by atoms with Crippen LogP contribution in [-0.2, 0) is 9.53 Å². The highest BCUT2D eigenvalue weighted by molar-refractivity contribution is 5.78. The molecule has 0 aromatic heterocycles. The smallest absolute Gasteiger partial charge is 0.234 e. The number of carbonyl (C=O) groups excluding carboxylic acids is 1. The normalized spacial score (nSPS) is 32.9. The molecule has 1 amide bonds. The fourth-order valence-corrected chi connectivity index (χ4v) is 3.28. The summed E-state index contributed by atoms with van der Waals surface area (Å²) in [6, 6.07) is 0.824. The van der Waals surface area contributed by atoms with Crippen LogP contribution in [0, 0.1) is 5.92 Å². The van der Waals surface area contributed by atoms with Crippen molar-refractivity contribution in [2.45, 2.75) is 63.1 Å². The van der Waals surface area contributed by atoms with Gasteiger partial charge in [-0.05, 0) is 38.0 Å². The summed E-state index contributed by atoms with van der Waals surface area (Å²) in [5, 5.41) is 6.51. The van der Waals surface area contributed by atoms with Gasteiger partial charge in [-0.2, -0.15) is 0 Å². The lowest BCUT2D eigenvalue weighted by Crippen LogP contribution is -2.46. The molecule has 0 radical (unpaired) electrons. The molecule has 0 aromatic rings. The Hall–Kier alpha value is -0.610. The highest BCUT2D eigenvalue weighted by atomic mass is 16.5. The van der Waals surface area contributed by atoms with Crippen molar-refractivity contribution in [2.75, 3.05) is 13.2 Å². The molecule has 0 bridgehead atoms. The molecule has 3 rings (SSSR count). The lowest BCUT2D eigenvalue weighted by atomic mass is 10.1. The molecule has 2 atom stereocenters. The van der Waals surface area contributed by atoms with Crippen molar-refractivity contribution in [3.05, 3.63) is 0 Å². The first-order valence-corrected chi connectivity index (χ1v) is 7.47. The second-order valence-electron chi connectivity index (χ2n) is 6.00. The lowest BCUT2D eigenvalue weighted by molar-refractivity contribution is -0.121. The van der Waals surface area contributed by atoms with Crippen LogP contribution < -0.4 is 10.6 Å². The predicted molar refractivity (Wildman–Crippen MR) is 69.3 cm³/mol. The van der Waals surface area contributed by atoms with E-state index in [0.29, 0.717) is 24.6 Å². The van der Waals surface area contributed by atoms with Crippen molar-refractivity contribution in [3.63, 3.8) is 0 Å². The Labute approximate surface area is 109 Å². The highest BCUT2D eigenvalue weighted by Gasteiger charge is 2.41. The number of carbonyl (C=O) groups is 1. The number of rotatable bonds is 5. The molecule has 2 N–H and O–H groups in total. The summed E-state index contributed by atoms with van der Waals surface area (Å²) in [5.41, 5.74) is 0. The summed E-state index contributed by atoms with van der Waals surface area (Å²) in [4.78, 5) is 11.9. The summed E-state index contributed by atoms with van der Waals surface area (Å²) < 4.78 is 5.73. The Balaban J connectivity index is 1.39. The first-order valence-electron chi connectivity index (χ1n) is 7.47. The van der Waals surface area contributed by atoms with Gasteiger partial charge in [0.15, 0.2) is 0 Å². The number of nitrogens with one attached hydrogen (secondary N) is 2. The van der Waals surface area contributed by atoms with Gasteiger partial charge in [-0.15, -0.1) is 0 Å². The molecule has 102 valence electrons. The molecule has 1 saturated heterocycles. The van der Waals surface area contributed by atoms with Gasteiger partial charge >= 0.3 is 0 Å². The maximum Gasteiger partial charge on any atom is 0.234 e. The molecule has 1 aliphatic heterocycles. The van der Waals surface area contributed by atoms with Crippen LogP contribution in [0.5, 0.6) is 0 Å². The van der Waals surface area contributed by atoms with Gasteiger partial charge in [0.2, 0.25) is 5.91 Å². The van der Waals surface area contributed by atoms with Gasteiger partial charge < -0.3 is 15.4 Å². The topological polar surface area (TPSA) is 50.4 Å². The van der Waals surface area contributed by atoms with Gasteiger partial charge in [0, 0.05) is 12.6 Å². The summed E-state index contributed by atoms with van der Waals surface area (Å²) >= 11 is 0. The fourth-order valence-electron chi connectivity index (χ4n) is 3.28. The third-order valence-electron chi connectivity index (χ3n) is 4.48. The van der Waals surface area contributed by atoms with Crippen LogP contribution in [0.15, 0.2) is 0 Å². The van der Waals surface area contributed by atoms with Crippen LogP contribution in [0.25, 0.3) is 0 Å². The van der Waals surface area contributed by atoms with Crippen LogP contribution in [0.1, 0.15) is 44.9 Å². The summed E-state index contributed by atoms with van der Waals surface area (Å²) in [6.45, 7) is 1.28. The van der Waals surface area contributed by atoms with Crippen LogP contribution in [0.3, 0.4) is 0 Å². The molecule has 4 nitrogen and oxygen atoms in total. The standard InChI is InChI=1S/C14H24N2O2/c17-13(9-15-11-3-1-2-4-11)16-12-7-8-18-14(12)10-5-6-10/h10-12,14-15H,1-9H2,(H,16,17). The van der Waals surface area contributed by atoms with Crippen molar-refractivity contribution in [2.24, 2.45) is 5.92 Å². The summed E-state index contributed by atoms with van der Waals surface area (Å²) in [6.07, 6.45) is 8.89. The maximum absolute atomic E-state index is 11.9. The molecular weight excluding hydrogens is 228 g/mol. The fraction of sp³-hybridized carbons (Fsp3) is 0.929. The van der Waals surface area contributed by atoms with Crippen molar-refractivity contribution in [1.82, 2.24) is 10.6 Å². The number of hydrogen-bond acceptors (Lipinski definition) is 3. The predicted octanol–water partition coefficient (Wildman–Crippen LogP) is 1.20. The van der Waals surface area contributed by atoms with Crippen molar-refractivity contribution < 1.29 is 9.53 Å². The van der Waals surface area contributed by atoms with E-state index in [1.54, 1.807) is 0 Å². The Bertz CT molecular complexity index is 298. The van der Waals surface area contributed by atoms with Gasteiger partial charge in [0.05, 0.1) is 18.7 Å². The lowest BCUT2D eigenvalue weighted by Gasteiger charge is -2.20. The molecule has 2 unspecified atom stereocenters. The van der Waals surface area contributed by atoms with E-state index < -0.39 is 0 Å². The minimum absolute atomic E-state index is 0.142. The first kappa shape index (κ1) is 12.4. The molecule has 3 fully saturated rings. The van der Waals surface area contributed by atoms with Gasteiger partial charge in [-0.25, -0.2) is 0 Å². The van der Waals surface area contributed by atoms with E-state index in [1.165, 1.54) is 38.5 Å². The molecule has 18 heavy (non-hydrogen) atoms. The molecule has 0 spiro atoms. The number of amides is 1. The molecule has 4 heteroatoms. The van der Waals surface area contributed by atoms with Crippen molar-refractivity contribution in [3.8, 4) is 0 Å². The summed E-state index contributed by atoms with van der Waals surface area (Å²) in [7, 11) is 0. The van der Waals surface area contributed by atoms with Gasteiger partial charge in [0.25, 0.3) is 0 Å². The van der Waals surface area contributed by atoms with E-state index >= 15 is 0 Å². The zero-order valence-electron chi connectivity index (χ0n) is 11.0.